The number of carbonyl (C=O) groups excluding carboxylic acids is 1. The van der Waals surface area contributed by atoms with Gasteiger partial charge in [-0.15, -0.1) is 0 Å². The second-order valence-corrected chi connectivity index (χ2v) is 7.21. The molecule has 1 aromatic carbocycles. The minimum absolute atomic E-state index is 0.00929. The molecular formula is C14H19NO5S. The summed E-state index contributed by atoms with van der Waals surface area (Å²) in [4.78, 5) is 11.7. The molecule has 0 amide bonds. The Morgan fingerprint density at radius 2 is 2.05 bits per heavy atom. The maximum Gasteiger partial charge on any atom is 0.307 e. The molecule has 0 radical (unpaired) electrons. The lowest BCUT2D eigenvalue weighted by Gasteiger charge is -2.22. The molecule has 116 valence electrons. The summed E-state index contributed by atoms with van der Waals surface area (Å²) in [5.74, 6) is 0.455. The van der Waals surface area contributed by atoms with E-state index in [0.29, 0.717) is 6.54 Å². The van der Waals surface area contributed by atoms with Crippen LogP contribution in [0.25, 0.3) is 0 Å². The third-order valence-corrected chi connectivity index (χ3v) is 5.01. The van der Waals surface area contributed by atoms with Crippen LogP contribution in [0.15, 0.2) is 24.3 Å². The fraction of sp³-hybridized carbons (Fsp3) is 0.500. The Balaban J connectivity index is 1.79. The maximum atomic E-state index is 11.7. The first-order chi connectivity index (χ1) is 9.98. The van der Waals surface area contributed by atoms with Crippen molar-refractivity contribution in [2.24, 2.45) is 0 Å². The van der Waals surface area contributed by atoms with Crippen LogP contribution in [0.3, 0.4) is 0 Å². The summed E-state index contributed by atoms with van der Waals surface area (Å²) in [7, 11) is -1.45. The molecule has 0 aliphatic carbocycles. The lowest BCUT2D eigenvalue weighted by atomic mass is 10.2. The molecular weight excluding hydrogens is 294 g/mol. The fourth-order valence-corrected chi connectivity index (χ4v) is 3.59. The largest absolute Gasteiger partial charge is 0.497 e. The number of carbonyl (C=O) groups is 1. The SMILES string of the molecule is COc1ccc(COC(=O)CC2CS(=O)(=O)CCN2)cc1. The van der Waals surface area contributed by atoms with Gasteiger partial charge in [-0.2, -0.15) is 0 Å². The van der Waals surface area contributed by atoms with Crippen molar-refractivity contribution in [2.75, 3.05) is 25.2 Å². The van der Waals surface area contributed by atoms with Crippen molar-refractivity contribution < 1.29 is 22.7 Å². The average molecular weight is 313 g/mol. The van der Waals surface area contributed by atoms with E-state index >= 15 is 0 Å². The van der Waals surface area contributed by atoms with Crippen molar-refractivity contribution in [3.63, 3.8) is 0 Å². The summed E-state index contributed by atoms with van der Waals surface area (Å²) in [5, 5.41) is 3.02. The van der Waals surface area contributed by atoms with Gasteiger partial charge in [0.05, 0.1) is 25.0 Å². The van der Waals surface area contributed by atoms with Crippen LogP contribution in [0.4, 0.5) is 0 Å². The highest BCUT2D eigenvalue weighted by molar-refractivity contribution is 7.91. The molecule has 2 rings (SSSR count). The molecule has 1 saturated heterocycles. The average Bonchev–Trinajstić information content (AvgIpc) is 2.44. The number of hydrogen-bond acceptors (Lipinski definition) is 6. The molecule has 1 aliphatic heterocycles. The van der Waals surface area contributed by atoms with Crippen LogP contribution in [-0.4, -0.2) is 45.6 Å². The quantitative estimate of drug-likeness (QED) is 0.798. The Hall–Kier alpha value is -1.60. The summed E-state index contributed by atoms with van der Waals surface area (Å²) in [5.41, 5.74) is 0.855. The van der Waals surface area contributed by atoms with Gasteiger partial charge in [0, 0.05) is 12.6 Å². The van der Waals surface area contributed by atoms with Crippen LogP contribution in [0.5, 0.6) is 5.75 Å². The standard InChI is InChI=1S/C14H19NO5S/c1-19-13-4-2-11(3-5-13)9-20-14(16)8-12-10-21(17,18)7-6-15-12/h2-5,12,15H,6-10H2,1H3. The normalized spacial score (nSPS) is 20.7. The molecule has 7 heteroatoms. The molecule has 21 heavy (non-hydrogen) atoms. The van der Waals surface area contributed by atoms with Gasteiger partial charge in [-0.25, -0.2) is 8.42 Å². The van der Waals surface area contributed by atoms with Gasteiger partial charge in [-0.1, -0.05) is 12.1 Å². The molecule has 1 N–H and O–H groups in total. The smallest absolute Gasteiger partial charge is 0.307 e. The second-order valence-electron chi connectivity index (χ2n) is 4.98. The van der Waals surface area contributed by atoms with Crippen molar-refractivity contribution in [3.05, 3.63) is 29.8 Å². The number of benzene rings is 1. The van der Waals surface area contributed by atoms with Crippen molar-refractivity contribution >= 4 is 15.8 Å². The second kappa shape index (κ2) is 6.91. The van der Waals surface area contributed by atoms with E-state index in [2.05, 4.69) is 5.32 Å². The fourth-order valence-electron chi connectivity index (χ4n) is 2.14. The summed E-state index contributed by atoms with van der Waals surface area (Å²) < 4.78 is 33.2. The van der Waals surface area contributed by atoms with E-state index in [4.69, 9.17) is 9.47 Å². The first-order valence-corrected chi connectivity index (χ1v) is 8.53. The van der Waals surface area contributed by atoms with E-state index in [1.165, 1.54) is 0 Å². The van der Waals surface area contributed by atoms with Crippen LogP contribution in [-0.2, 0) is 26.0 Å². The van der Waals surface area contributed by atoms with Crippen molar-refractivity contribution in [1.29, 1.82) is 0 Å². The van der Waals surface area contributed by atoms with Crippen LogP contribution in [0.2, 0.25) is 0 Å². The summed E-state index contributed by atoms with van der Waals surface area (Å²) in [6, 6.07) is 6.86. The number of esters is 1. The van der Waals surface area contributed by atoms with Crippen LogP contribution < -0.4 is 10.1 Å². The molecule has 0 spiro atoms. The lowest BCUT2D eigenvalue weighted by molar-refractivity contribution is -0.145. The summed E-state index contributed by atoms with van der Waals surface area (Å²) in [6.07, 6.45) is 0.0649. The highest BCUT2D eigenvalue weighted by Crippen LogP contribution is 2.12. The van der Waals surface area contributed by atoms with E-state index in [0.717, 1.165) is 11.3 Å². The van der Waals surface area contributed by atoms with Gasteiger partial charge in [-0.3, -0.25) is 4.79 Å². The Labute approximate surface area is 124 Å². The molecule has 1 unspecified atom stereocenters. The van der Waals surface area contributed by atoms with Gasteiger partial charge in [0.2, 0.25) is 0 Å². The minimum Gasteiger partial charge on any atom is -0.497 e. The number of methoxy groups -OCH3 is 1. The van der Waals surface area contributed by atoms with Crippen molar-refractivity contribution in [2.45, 2.75) is 19.1 Å². The van der Waals surface area contributed by atoms with E-state index in [-0.39, 0.29) is 30.6 Å². The molecule has 0 bridgehead atoms. The molecule has 0 aromatic heterocycles. The van der Waals surface area contributed by atoms with Crippen molar-refractivity contribution in [1.82, 2.24) is 5.32 Å². The molecule has 6 nitrogen and oxygen atoms in total. The zero-order chi connectivity index (χ0) is 15.3. The number of hydrogen-bond donors (Lipinski definition) is 1. The highest BCUT2D eigenvalue weighted by Gasteiger charge is 2.26. The Morgan fingerprint density at radius 3 is 2.67 bits per heavy atom. The van der Waals surface area contributed by atoms with E-state index in [1.807, 2.05) is 12.1 Å². The summed E-state index contributed by atoms with van der Waals surface area (Å²) in [6.45, 7) is 0.557. The first-order valence-electron chi connectivity index (χ1n) is 6.71. The predicted molar refractivity (Wildman–Crippen MR) is 77.9 cm³/mol. The van der Waals surface area contributed by atoms with Crippen molar-refractivity contribution in [3.8, 4) is 5.75 Å². The predicted octanol–water partition coefficient (Wildman–Crippen LogP) is 0.515. The Bertz CT molecular complexity index is 582. The maximum absolute atomic E-state index is 11.7. The van der Waals surface area contributed by atoms with Gasteiger partial charge in [0.1, 0.15) is 12.4 Å². The van der Waals surface area contributed by atoms with E-state index in [1.54, 1.807) is 19.2 Å². The van der Waals surface area contributed by atoms with E-state index < -0.39 is 15.8 Å². The first kappa shape index (κ1) is 15.8. The third-order valence-electron chi connectivity index (χ3n) is 3.27. The molecule has 1 atom stereocenters. The monoisotopic (exact) mass is 313 g/mol. The Kier molecular flexibility index (Phi) is 5.19. The zero-order valence-corrected chi connectivity index (χ0v) is 12.7. The molecule has 1 aliphatic rings. The number of ether oxygens (including phenoxy) is 2. The van der Waals surface area contributed by atoms with Gasteiger partial charge in [0.25, 0.3) is 0 Å². The van der Waals surface area contributed by atoms with Crippen LogP contribution in [0, 0.1) is 0 Å². The van der Waals surface area contributed by atoms with Gasteiger partial charge in [-0.05, 0) is 17.7 Å². The number of nitrogens with one attached hydrogen (secondary N) is 1. The van der Waals surface area contributed by atoms with Gasteiger partial charge in [0.15, 0.2) is 9.84 Å². The van der Waals surface area contributed by atoms with Crippen LogP contribution >= 0.6 is 0 Å². The van der Waals surface area contributed by atoms with Gasteiger partial charge >= 0.3 is 5.97 Å². The topological polar surface area (TPSA) is 81.7 Å². The lowest BCUT2D eigenvalue weighted by Crippen LogP contribution is -2.46. The van der Waals surface area contributed by atoms with E-state index in [9.17, 15) is 13.2 Å². The highest BCUT2D eigenvalue weighted by atomic mass is 32.2. The molecule has 1 heterocycles. The summed E-state index contributed by atoms with van der Waals surface area (Å²) >= 11 is 0. The van der Waals surface area contributed by atoms with Gasteiger partial charge < -0.3 is 14.8 Å². The third kappa shape index (κ3) is 5.02. The van der Waals surface area contributed by atoms with Crippen LogP contribution in [0.1, 0.15) is 12.0 Å². The minimum atomic E-state index is -3.04. The molecule has 1 fully saturated rings. The number of sulfone groups is 1. The molecule has 0 saturated carbocycles. The number of rotatable bonds is 5. The molecule has 1 aromatic rings. The Morgan fingerprint density at radius 1 is 1.33 bits per heavy atom. The zero-order valence-electron chi connectivity index (χ0n) is 11.9.